The fourth-order valence-electron chi connectivity index (χ4n) is 1.43. The molecule has 0 spiro atoms. The molecule has 0 aromatic heterocycles. The predicted octanol–water partition coefficient (Wildman–Crippen LogP) is 0.359. The van der Waals surface area contributed by atoms with Crippen molar-refractivity contribution in [3.63, 3.8) is 0 Å². The van der Waals surface area contributed by atoms with Crippen LogP contribution in [-0.4, -0.2) is 57.8 Å². The fourth-order valence-corrected chi connectivity index (χ4v) is 2.32. The molecule has 0 radical (unpaired) electrons. The average molecular weight is 251 g/mol. The van der Waals surface area contributed by atoms with E-state index in [2.05, 4.69) is 26.1 Å². The highest BCUT2D eigenvalue weighted by molar-refractivity contribution is 7.86. The lowest BCUT2D eigenvalue weighted by Crippen LogP contribution is -2.49. The standard InChI is InChI=1S/C10H25N3O2S/c1-10(2,3)9(11-4)8-13(7)16(14,15)12(5)6/h9,11H,8H2,1-7H3/t9-/m1/s1. The van der Waals surface area contributed by atoms with Gasteiger partial charge in [0.05, 0.1) is 0 Å². The lowest BCUT2D eigenvalue weighted by Gasteiger charge is -2.34. The van der Waals surface area contributed by atoms with Crippen LogP contribution in [0.3, 0.4) is 0 Å². The zero-order valence-electron chi connectivity index (χ0n) is 11.4. The van der Waals surface area contributed by atoms with Gasteiger partial charge in [0.25, 0.3) is 10.2 Å². The maximum absolute atomic E-state index is 11.8. The van der Waals surface area contributed by atoms with Crippen molar-refractivity contribution in [2.24, 2.45) is 5.41 Å². The van der Waals surface area contributed by atoms with E-state index in [9.17, 15) is 8.42 Å². The van der Waals surface area contributed by atoms with Crippen LogP contribution in [0.5, 0.6) is 0 Å². The van der Waals surface area contributed by atoms with E-state index in [0.717, 1.165) is 0 Å². The summed E-state index contributed by atoms with van der Waals surface area (Å²) in [5.74, 6) is 0. The zero-order valence-corrected chi connectivity index (χ0v) is 12.2. The van der Waals surface area contributed by atoms with Crippen LogP contribution < -0.4 is 5.32 Å². The van der Waals surface area contributed by atoms with Crippen LogP contribution in [0.15, 0.2) is 0 Å². The van der Waals surface area contributed by atoms with Crippen molar-refractivity contribution in [3.05, 3.63) is 0 Å². The molecular formula is C10H25N3O2S. The maximum Gasteiger partial charge on any atom is 0.281 e. The van der Waals surface area contributed by atoms with E-state index in [4.69, 9.17) is 0 Å². The largest absolute Gasteiger partial charge is 0.315 e. The van der Waals surface area contributed by atoms with E-state index in [1.54, 1.807) is 7.05 Å². The lowest BCUT2D eigenvalue weighted by molar-refractivity contribution is 0.242. The Morgan fingerprint density at radius 2 is 1.62 bits per heavy atom. The average Bonchev–Trinajstić information content (AvgIpc) is 2.11. The first kappa shape index (κ1) is 15.8. The summed E-state index contributed by atoms with van der Waals surface area (Å²) >= 11 is 0. The van der Waals surface area contributed by atoms with Crippen LogP contribution >= 0.6 is 0 Å². The van der Waals surface area contributed by atoms with E-state index < -0.39 is 10.2 Å². The molecule has 0 fully saturated rings. The Hall–Kier alpha value is -0.170. The highest BCUT2D eigenvalue weighted by atomic mass is 32.2. The molecule has 0 bridgehead atoms. The van der Waals surface area contributed by atoms with E-state index in [1.165, 1.54) is 22.7 Å². The van der Waals surface area contributed by atoms with Gasteiger partial charge < -0.3 is 5.32 Å². The summed E-state index contributed by atoms with van der Waals surface area (Å²) in [5, 5.41) is 3.16. The Morgan fingerprint density at radius 3 is 1.88 bits per heavy atom. The molecule has 6 heteroatoms. The summed E-state index contributed by atoms with van der Waals surface area (Å²) in [6.07, 6.45) is 0. The van der Waals surface area contributed by atoms with Gasteiger partial charge in [0.1, 0.15) is 0 Å². The molecule has 0 aliphatic rings. The van der Waals surface area contributed by atoms with Crippen molar-refractivity contribution in [1.29, 1.82) is 0 Å². The quantitative estimate of drug-likeness (QED) is 0.767. The molecule has 0 saturated heterocycles. The molecule has 0 rings (SSSR count). The highest BCUT2D eigenvalue weighted by Crippen LogP contribution is 2.20. The second kappa shape index (κ2) is 5.44. The highest BCUT2D eigenvalue weighted by Gasteiger charge is 2.29. The Kier molecular flexibility index (Phi) is 5.38. The number of hydrogen-bond donors (Lipinski definition) is 1. The van der Waals surface area contributed by atoms with Crippen molar-refractivity contribution in [1.82, 2.24) is 13.9 Å². The third kappa shape index (κ3) is 4.01. The van der Waals surface area contributed by atoms with E-state index in [0.29, 0.717) is 6.54 Å². The van der Waals surface area contributed by atoms with Crippen LogP contribution in [-0.2, 0) is 10.2 Å². The summed E-state index contributed by atoms with van der Waals surface area (Å²) in [5.41, 5.74) is 0.0187. The van der Waals surface area contributed by atoms with Crippen LogP contribution in [0.2, 0.25) is 0 Å². The minimum Gasteiger partial charge on any atom is -0.315 e. The third-order valence-corrected chi connectivity index (χ3v) is 4.55. The Bertz CT molecular complexity index is 307. The maximum atomic E-state index is 11.8. The predicted molar refractivity (Wildman–Crippen MR) is 67.5 cm³/mol. The first-order valence-electron chi connectivity index (χ1n) is 5.34. The van der Waals surface area contributed by atoms with Gasteiger partial charge in [-0.05, 0) is 12.5 Å². The van der Waals surface area contributed by atoms with E-state index in [-0.39, 0.29) is 11.5 Å². The van der Waals surface area contributed by atoms with Crippen LogP contribution in [0.4, 0.5) is 0 Å². The van der Waals surface area contributed by atoms with Crippen LogP contribution in [0.25, 0.3) is 0 Å². The normalized spacial score (nSPS) is 15.8. The van der Waals surface area contributed by atoms with Gasteiger partial charge in [-0.25, -0.2) is 0 Å². The first-order valence-corrected chi connectivity index (χ1v) is 6.74. The van der Waals surface area contributed by atoms with Crippen molar-refractivity contribution < 1.29 is 8.42 Å². The van der Waals surface area contributed by atoms with Crippen molar-refractivity contribution in [3.8, 4) is 0 Å². The second-order valence-electron chi connectivity index (χ2n) is 5.28. The minimum atomic E-state index is -3.32. The zero-order chi connectivity index (χ0) is 13.1. The molecule has 1 N–H and O–H groups in total. The van der Waals surface area contributed by atoms with Crippen molar-refractivity contribution in [2.45, 2.75) is 26.8 Å². The Balaban J connectivity index is 4.74. The molecule has 16 heavy (non-hydrogen) atoms. The van der Waals surface area contributed by atoms with Gasteiger partial charge in [-0.2, -0.15) is 17.0 Å². The number of nitrogens with one attached hydrogen (secondary N) is 1. The van der Waals surface area contributed by atoms with Gasteiger partial charge in [0.15, 0.2) is 0 Å². The third-order valence-electron chi connectivity index (χ3n) is 2.69. The first-order chi connectivity index (χ1) is 7.03. The number of hydrogen-bond acceptors (Lipinski definition) is 3. The molecular weight excluding hydrogens is 226 g/mol. The molecule has 0 unspecified atom stereocenters. The summed E-state index contributed by atoms with van der Waals surface area (Å²) in [6.45, 7) is 6.72. The van der Waals surface area contributed by atoms with Crippen LogP contribution in [0.1, 0.15) is 20.8 Å². The SMILES string of the molecule is CN[C@H](CN(C)S(=O)(=O)N(C)C)C(C)(C)C. The van der Waals surface area contributed by atoms with E-state index >= 15 is 0 Å². The van der Waals surface area contributed by atoms with Gasteiger partial charge in [0.2, 0.25) is 0 Å². The topological polar surface area (TPSA) is 52.7 Å². The Morgan fingerprint density at radius 1 is 1.19 bits per heavy atom. The number of likely N-dealkylation sites (N-methyl/N-ethyl adjacent to an activating group) is 2. The summed E-state index contributed by atoms with van der Waals surface area (Å²) in [6, 6.07) is 0.118. The molecule has 1 atom stereocenters. The molecule has 0 saturated carbocycles. The summed E-state index contributed by atoms with van der Waals surface area (Å²) in [4.78, 5) is 0. The van der Waals surface area contributed by atoms with Gasteiger partial charge in [-0.15, -0.1) is 0 Å². The Labute approximate surface area is 100.0 Å². The van der Waals surface area contributed by atoms with Crippen molar-refractivity contribution >= 4 is 10.2 Å². The van der Waals surface area contributed by atoms with Gasteiger partial charge in [-0.1, -0.05) is 20.8 Å². The monoisotopic (exact) mass is 251 g/mol. The molecule has 0 aromatic rings. The molecule has 5 nitrogen and oxygen atoms in total. The number of rotatable bonds is 5. The molecule has 0 aliphatic heterocycles. The van der Waals surface area contributed by atoms with Crippen LogP contribution in [0, 0.1) is 5.41 Å². The smallest absolute Gasteiger partial charge is 0.281 e. The molecule has 0 aromatic carbocycles. The van der Waals surface area contributed by atoms with Gasteiger partial charge in [-0.3, -0.25) is 0 Å². The van der Waals surface area contributed by atoms with E-state index in [1.807, 2.05) is 7.05 Å². The molecule has 0 aliphatic carbocycles. The molecule has 0 heterocycles. The van der Waals surface area contributed by atoms with Gasteiger partial charge >= 0.3 is 0 Å². The van der Waals surface area contributed by atoms with Crippen molar-refractivity contribution in [2.75, 3.05) is 34.7 Å². The minimum absolute atomic E-state index is 0.0187. The van der Waals surface area contributed by atoms with Gasteiger partial charge in [0, 0.05) is 33.7 Å². The second-order valence-corrected chi connectivity index (χ2v) is 7.53. The molecule has 98 valence electrons. The number of nitrogens with zero attached hydrogens (tertiary/aromatic N) is 2. The lowest BCUT2D eigenvalue weighted by atomic mass is 9.87. The molecule has 0 amide bonds. The fraction of sp³-hybridized carbons (Fsp3) is 1.00. The summed E-state index contributed by atoms with van der Waals surface area (Å²) < 4.78 is 26.3. The summed E-state index contributed by atoms with van der Waals surface area (Å²) in [7, 11) is 3.22.